The third-order valence-electron chi connectivity index (χ3n) is 21.6. The number of carbonyl (C=O) groups is 3. The van der Waals surface area contributed by atoms with E-state index in [1.807, 2.05) is 106 Å². The number of aromatic nitrogens is 10. The number of methoxy groups -OCH3 is 6. The lowest BCUT2D eigenvalue weighted by Gasteiger charge is -2.31. The van der Waals surface area contributed by atoms with Crippen molar-refractivity contribution < 1.29 is 42.8 Å². The van der Waals surface area contributed by atoms with Crippen LogP contribution in [0.3, 0.4) is 0 Å². The van der Waals surface area contributed by atoms with Crippen molar-refractivity contribution >= 4 is 160 Å². The second-order valence-corrected chi connectivity index (χ2v) is 30.9. The molecule has 4 N–H and O–H groups in total. The van der Waals surface area contributed by atoms with Crippen LogP contribution in [0, 0.1) is 11.8 Å². The van der Waals surface area contributed by atoms with Crippen LogP contribution in [0.15, 0.2) is 148 Å². The molecule has 2 aliphatic heterocycles. The molecule has 4 aromatic carbocycles. The van der Waals surface area contributed by atoms with E-state index in [1.165, 1.54) is 32.4 Å². The highest BCUT2D eigenvalue weighted by Crippen LogP contribution is 2.51. The van der Waals surface area contributed by atoms with Crippen molar-refractivity contribution in [3.63, 3.8) is 0 Å². The van der Waals surface area contributed by atoms with Crippen molar-refractivity contribution in [1.82, 2.24) is 57.9 Å². The molecule has 618 valence electrons. The zero-order chi connectivity index (χ0) is 84.5. The lowest BCUT2D eigenvalue weighted by Crippen LogP contribution is -2.37. The Morgan fingerprint density at radius 3 is 1.24 bits per heavy atom. The molecule has 0 bridgehead atoms. The minimum absolute atomic E-state index is 0.0188. The molecule has 0 spiro atoms. The van der Waals surface area contributed by atoms with Crippen LogP contribution in [0.5, 0.6) is 34.5 Å². The van der Waals surface area contributed by atoms with Crippen LogP contribution >= 0.6 is 69.6 Å². The summed E-state index contributed by atoms with van der Waals surface area (Å²) in [5, 5.41) is 16.8. The van der Waals surface area contributed by atoms with Crippen molar-refractivity contribution in [3.8, 4) is 67.9 Å². The van der Waals surface area contributed by atoms with E-state index in [-0.39, 0.29) is 17.7 Å². The Hall–Kier alpha value is -11.3. The Labute approximate surface area is 718 Å². The van der Waals surface area contributed by atoms with E-state index >= 15 is 0 Å². The molecular weight excluding hydrogens is 1640 g/mol. The fourth-order valence-corrected chi connectivity index (χ4v) is 17.5. The number of ether oxygens (including phenoxy) is 6. The Bertz CT molecular complexity index is 5740. The molecule has 2 fully saturated rings. The topological polar surface area (TPSA) is 265 Å². The number of anilines is 4. The summed E-state index contributed by atoms with van der Waals surface area (Å²) in [6.45, 7) is 13.9. The van der Waals surface area contributed by atoms with Gasteiger partial charge < -0.3 is 59.5 Å². The molecule has 2 aliphatic rings. The first kappa shape index (κ1) is 85.6. The van der Waals surface area contributed by atoms with Gasteiger partial charge in [-0.3, -0.25) is 27.6 Å². The van der Waals surface area contributed by atoms with Crippen LogP contribution in [0.2, 0.25) is 30.1 Å². The van der Waals surface area contributed by atoms with Crippen LogP contribution in [-0.2, 0) is 33.6 Å². The number of benzene rings is 4. The number of piperidine rings is 2. The average molecular weight is 1730 g/mol. The highest BCUT2D eigenvalue weighted by atomic mass is 35.5. The van der Waals surface area contributed by atoms with Crippen molar-refractivity contribution in [2.45, 2.75) is 70.6 Å². The smallest absolute Gasteiger partial charge is 0.247 e. The second kappa shape index (κ2) is 38.2. The van der Waals surface area contributed by atoms with Gasteiger partial charge in [0.1, 0.15) is 63.1 Å². The number of likely N-dealkylation sites (tertiary alicyclic amines) is 2. The summed E-state index contributed by atoms with van der Waals surface area (Å²) in [7, 11) is 14.8. The Morgan fingerprint density at radius 2 is 0.840 bits per heavy atom. The van der Waals surface area contributed by atoms with Gasteiger partial charge in [0.25, 0.3) is 0 Å². The maximum absolute atomic E-state index is 11.9. The number of nitrogens with one attached hydrogen (secondary N) is 4. The van der Waals surface area contributed by atoms with E-state index in [9.17, 15) is 14.4 Å². The Kier molecular flexibility index (Phi) is 27.4. The first-order valence-corrected chi connectivity index (χ1v) is 40.9. The van der Waals surface area contributed by atoms with Crippen LogP contribution < -0.4 is 49.7 Å². The number of imidazole rings is 3. The zero-order valence-corrected chi connectivity index (χ0v) is 71.9. The van der Waals surface area contributed by atoms with Crippen LogP contribution in [0.25, 0.3) is 83.2 Å². The van der Waals surface area contributed by atoms with E-state index in [2.05, 4.69) is 66.6 Å². The van der Waals surface area contributed by atoms with E-state index in [0.29, 0.717) is 128 Å². The summed E-state index contributed by atoms with van der Waals surface area (Å²) in [5.74, 6) is 5.65. The van der Waals surface area contributed by atoms with Crippen LogP contribution in [0.4, 0.5) is 23.3 Å². The van der Waals surface area contributed by atoms with Crippen molar-refractivity contribution in [2.24, 2.45) is 11.8 Å². The summed E-state index contributed by atoms with van der Waals surface area (Å²) in [4.78, 5) is 72.6. The number of amides is 3. The molecule has 2 saturated heterocycles. The molecule has 15 rings (SSSR count). The van der Waals surface area contributed by atoms with Crippen LogP contribution in [0.1, 0.15) is 74.0 Å². The molecule has 9 aromatic heterocycles. The van der Waals surface area contributed by atoms with E-state index < -0.39 is 0 Å². The number of fused-ring (bicyclic) bond motifs is 9. The average Bonchev–Trinajstić information content (AvgIpc) is 1.69. The van der Waals surface area contributed by atoms with Gasteiger partial charge in [0, 0.05) is 176 Å². The van der Waals surface area contributed by atoms with E-state index in [1.54, 1.807) is 66.1 Å². The molecule has 3 amide bonds. The Morgan fingerprint density at radius 1 is 0.454 bits per heavy atom. The summed E-state index contributed by atoms with van der Waals surface area (Å²) < 4.78 is 39.2. The molecule has 31 heteroatoms. The molecule has 0 unspecified atom stereocenters. The molecular formula is C88H90Cl6N16O9. The Balaban J connectivity index is 0.000000155. The van der Waals surface area contributed by atoms with Crippen molar-refractivity contribution in [1.29, 1.82) is 0 Å². The van der Waals surface area contributed by atoms with E-state index in [4.69, 9.17) is 118 Å². The normalized spacial score (nSPS) is 13.1. The summed E-state index contributed by atoms with van der Waals surface area (Å²) in [6.07, 6.45) is 25.9. The minimum Gasteiger partial charge on any atom is -0.495 e. The van der Waals surface area contributed by atoms with Crippen molar-refractivity contribution in [3.05, 3.63) is 201 Å². The zero-order valence-electron chi connectivity index (χ0n) is 67.3. The molecule has 0 radical (unpaired) electrons. The predicted octanol–water partition coefficient (Wildman–Crippen LogP) is 19.4. The minimum atomic E-state index is -0.271. The third-order valence-corrected chi connectivity index (χ3v) is 23.8. The predicted molar refractivity (Wildman–Crippen MR) is 477 cm³/mol. The largest absolute Gasteiger partial charge is 0.495 e. The molecule has 119 heavy (non-hydrogen) atoms. The molecule has 0 atom stereocenters. The molecule has 0 saturated carbocycles. The van der Waals surface area contributed by atoms with Crippen LogP contribution in [-0.4, -0.2) is 166 Å². The fourth-order valence-electron chi connectivity index (χ4n) is 15.4. The number of aryl methyl sites for hydroxylation is 2. The molecule has 11 heterocycles. The fraction of sp³-hybridized carbons (Fsp3) is 0.295. The number of carbonyl (C=O) groups excluding carboxylic acids is 3. The molecule has 13 aromatic rings. The van der Waals surface area contributed by atoms with Gasteiger partial charge in [-0.15, -0.1) is 0 Å². The second-order valence-electron chi connectivity index (χ2n) is 28.6. The maximum atomic E-state index is 11.9. The number of hydrogen-bond donors (Lipinski definition) is 4. The van der Waals surface area contributed by atoms with Gasteiger partial charge >= 0.3 is 0 Å². The number of hydrogen-bond acceptors (Lipinski definition) is 19. The summed E-state index contributed by atoms with van der Waals surface area (Å²) >= 11 is 40.9. The monoisotopic (exact) mass is 1720 g/mol. The standard InChI is InChI=1S/C30H33Cl2N5O3.C29H32Cl2N6O3.C29H25Cl2N5O3/c1-5-26(38)36-11-9-18(10-12-36)7-6-8-20-17-37-22-14-25(33-2)34-16-19(22)13-21(30(37)35-20)27-28(31)23(39-3)15-24(40-4)29(27)32;1-5-23(38)36-11-9-17(10-12-36)7-6-8-19-16-37-27-18(15-33-29(32-2)35-27)13-20(28(37)34-19)24-25(30)21(39-3)14-22(40-4)26(24)31;1-5-25(37)34-18-8-6-7-16(9-18)10-19-15-36-21-12-24(32-2)33-14-17(21)11-20(29(36)35-19)26-27(30)22(38-3)13-23(39-4)28(26)31/h5,13-18H,1,6-12H2,2-4H3,(H,33,34);5,13-17H,1,6-12H2,2-4H3,(H,32,33,35);5-9,11-15H,1,10H2,2-4H3,(H,32,33)(H,34,37). The highest BCUT2D eigenvalue weighted by Gasteiger charge is 2.30. The third kappa shape index (κ3) is 18.2. The summed E-state index contributed by atoms with van der Waals surface area (Å²) in [5.41, 5.74) is 13.0. The van der Waals surface area contributed by atoms with Gasteiger partial charge in [-0.1, -0.05) is 101 Å². The molecule has 0 aliphatic carbocycles. The first-order valence-electron chi connectivity index (χ1n) is 38.6. The SMILES string of the molecule is C=CC(=O)N1CCC(CCCc2cn3c(n2)c(-c2c(Cl)c(OC)cc(OC)c2Cl)cc2cnc(NC)cc23)CC1.C=CC(=O)N1CCC(CCCc2cn3c(n2)c(-c2c(Cl)c(OC)cc(OC)c2Cl)cc2cnc(NC)nc23)CC1.C=CC(=O)Nc1cccc(Cc2cn3c(n2)c(-c2c(Cl)c(OC)cc(OC)c2Cl)cc2cnc(NC)cc23)c1. The molecule has 25 nitrogen and oxygen atoms in total. The lowest BCUT2D eigenvalue weighted by molar-refractivity contribution is -0.128. The number of halogens is 6. The van der Waals surface area contributed by atoms with Crippen molar-refractivity contribution in [2.75, 3.05) is 111 Å². The highest BCUT2D eigenvalue weighted by molar-refractivity contribution is 6.43. The summed E-state index contributed by atoms with van der Waals surface area (Å²) in [6, 6.07) is 22.5. The maximum Gasteiger partial charge on any atom is 0.247 e. The van der Waals surface area contributed by atoms with Gasteiger partial charge in [0.05, 0.1) is 101 Å². The van der Waals surface area contributed by atoms with Gasteiger partial charge in [-0.2, -0.15) is 4.98 Å². The number of pyridine rings is 5. The van der Waals surface area contributed by atoms with Gasteiger partial charge in [0.2, 0.25) is 23.7 Å². The number of nitrogens with zero attached hydrogens (tertiary/aromatic N) is 12. The first-order chi connectivity index (χ1) is 57.6. The lowest BCUT2D eigenvalue weighted by atomic mass is 9.91. The van der Waals surface area contributed by atoms with Gasteiger partial charge in [-0.25, -0.2) is 29.9 Å². The van der Waals surface area contributed by atoms with Gasteiger partial charge in [0.15, 0.2) is 5.65 Å². The van der Waals surface area contributed by atoms with Gasteiger partial charge in [-0.05, 0) is 130 Å². The quantitative estimate of drug-likeness (QED) is 0.0367. The number of rotatable bonds is 26. The van der Waals surface area contributed by atoms with E-state index in [0.717, 1.165) is 174 Å².